The summed E-state index contributed by atoms with van der Waals surface area (Å²) in [4.78, 5) is 18.4. The normalized spacial score (nSPS) is 10.9. The summed E-state index contributed by atoms with van der Waals surface area (Å²) in [5, 5.41) is 3.96. The van der Waals surface area contributed by atoms with Gasteiger partial charge in [-0.3, -0.25) is 4.79 Å². The van der Waals surface area contributed by atoms with Gasteiger partial charge in [0.1, 0.15) is 5.01 Å². The van der Waals surface area contributed by atoms with E-state index in [-0.39, 0.29) is 5.91 Å². The Morgan fingerprint density at radius 2 is 1.89 bits per heavy atom. The summed E-state index contributed by atoms with van der Waals surface area (Å²) in [7, 11) is 0. The molecule has 0 fully saturated rings. The topological polar surface area (TPSA) is 42.0 Å². The van der Waals surface area contributed by atoms with Gasteiger partial charge in [-0.25, -0.2) is 4.98 Å². The summed E-state index contributed by atoms with van der Waals surface area (Å²) >= 11 is 3.42. The molecular formula is C23H20N2OS2. The van der Waals surface area contributed by atoms with Crippen LogP contribution in [-0.2, 0) is 0 Å². The van der Waals surface area contributed by atoms with Gasteiger partial charge in [0.2, 0.25) is 0 Å². The molecule has 0 radical (unpaired) electrons. The highest BCUT2D eigenvalue weighted by atomic mass is 32.2. The van der Waals surface area contributed by atoms with Gasteiger partial charge in [0.05, 0.1) is 10.2 Å². The number of rotatable bonds is 5. The maximum absolute atomic E-state index is 12.5. The Bertz CT molecular complexity index is 1130. The van der Waals surface area contributed by atoms with Crippen molar-refractivity contribution in [2.45, 2.75) is 18.7 Å². The number of carbonyl (C=O) groups is 1. The van der Waals surface area contributed by atoms with Crippen molar-refractivity contribution < 1.29 is 4.79 Å². The summed E-state index contributed by atoms with van der Waals surface area (Å²) in [5.41, 5.74) is 4.76. The van der Waals surface area contributed by atoms with Gasteiger partial charge in [-0.15, -0.1) is 23.1 Å². The Kier molecular flexibility index (Phi) is 5.46. The van der Waals surface area contributed by atoms with E-state index in [4.69, 9.17) is 4.98 Å². The second-order valence-corrected chi connectivity index (χ2v) is 8.85. The number of nitrogens with one attached hydrogen (secondary N) is 1. The highest BCUT2D eigenvalue weighted by Gasteiger charge is 2.09. The molecule has 1 heterocycles. The molecule has 3 aromatic carbocycles. The summed E-state index contributed by atoms with van der Waals surface area (Å²) < 4.78 is 1.19. The average Bonchev–Trinajstić information content (AvgIpc) is 3.12. The third-order valence-corrected chi connectivity index (χ3v) is 6.28. The van der Waals surface area contributed by atoms with Crippen LogP contribution in [0.4, 0.5) is 5.69 Å². The Labute approximate surface area is 172 Å². The van der Waals surface area contributed by atoms with Crippen molar-refractivity contribution in [2.75, 3.05) is 11.1 Å². The molecule has 0 atom stereocenters. The third kappa shape index (κ3) is 4.11. The van der Waals surface area contributed by atoms with Gasteiger partial charge in [-0.1, -0.05) is 19.1 Å². The summed E-state index contributed by atoms with van der Waals surface area (Å²) in [5.74, 6) is 0.888. The van der Waals surface area contributed by atoms with Gasteiger partial charge in [-0.05, 0) is 72.8 Å². The van der Waals surface area contributed by atoms with E-state index in [9.17, 15) is 4.79 Å². The van der Waals surface area contributed by atoms with E-state index in [0.29, 0.717) is 5.56 Å². The number of benzene rings is 3. The van der Waals surface area contributed by atoms with Crippen LogP contribution in [-0.4, -0.2) is 16.6 Å². The van der Waals surface area contributed by atoms with E-state index < -0.39 is 0 Å². The molecule has 0 saturated carbocycles. The number of fused-ring (bicyclic) bond motifs is 1. The van der Waals surface area contributed by atoms with E-state index >= 15 is 0 Å². The minimum Gasteiger partial charge on any atom is -0.322 e. The van der Waals surface area contributed by atoms with Gasteiger partial charge >= 0.3 is 0 Å². The summed E-state index contributed by atoms with van der Waals surface area (Å²) in [6.45, 7) is 4.19. The Morgan fingerprint density at radius 1 is 1.07 bits per heavy atom. The molecule has 0 unspecified atom stereocenters. The predicted octanol–water partition coefficient (Wildman–Crippen LogP) is 6.64. The van der Waals surface area contributed by atoms with Crippen molar-refractivity contribution in [3.8, 4) is 10.6 Å². The van der Waals surface area contributed by atoms with Crippen molar-refractivity contribution >= 4 is 44.9 Å². The molecule has 0 aliphatic rings. The van der Waals surface area contributed by atoms with Gasteiger partial charge in [0, 0.05) is 21.7 Å². The molecule has 140 valence electrons. The Hall–Kier alpha value is -2.63. The fraction of sp³-hybridized carbons (Fsp3) is 0.130. The number of aromatic nitrogens is 1. The second-order valence-electron chi connectivity index (χ2n) is 6.48. The van der Waals surface area contributed by atoms with E-state index in [0.717, 1.165) is 32.4 Å². The third-order valence-electron chi connectivity index (χ3n) is 4.34. The molecule has 0 aliphatic carbocycles. The fourth-order valence-electron chi connectivity index (χ4n) is 2.95. The molecule has 1 amide bonds. The number of thioether (sulfide) groups is 1. The first-order valence-corrected chi connectivity index (χ1v) is 10.9. The van der Waals surface area contributed by atoms with E-state index in [1.54, 1.807) is 23.1 Å². The van der Waals surface area contributed by atoms with Crippen LogP contribution in [0.15, 0.2) is 71.6 Å². The van der Waals surface area contributed by atoms with E-state index in [1.807, 2.05) is 48.5 Å². The number of thiazole rings is 1. The molecule has 0 bridgehead atoms. The molecule has 0 saturated heterocycles. The van der Waals surface area contributed by atoms with Crippen molar-refractivity contribution in [1.82, 2.24) is 4.98 Å². The molecule has 3 nitrogen and oxygen atoms in total. The van der Waals surface area contributed by atoms with Gasteiger partial charge < -0.3 is 5.32 Å². The predicted molar refractivity (Wildman–Crippen MR) is 121 cm³/mol. The van der Waals surface area contributed by atoms with Crippen LogP contribution >= 0.6 is 23.1 Å². The van der Waals surface area contributed by atoms with Crippen LogP contribution in [0.3, 0.4) is 0 Å². The zero-order valence-corrected chi connectivity index (χ0v) is 17.4. The highest BCUT2D eigenvalue weighted by molar-refractivity contribution is 7.99. The molecule has 1 aromatic heterocycles. The largest absolute Gasteiger partial charge is 0.322 e. The summed E-state index contributed by atoms with van der Waals surface area (Å²) in [6.07, 6.45) is 0. The number of carbonyl (C=O) groups excluding carboxylic acids is 1. The zero-order valence-electron chi connectivity index (χ0n) is 15.7. The van der Waals surface area contributed by atoms with Crippen molar-refractivity contribution in [3.63, 3.8) is 0 Å². The van der Waals surface area contributed by atoms with Crippen LogP contribution in [0.5, 0.6) is 0 Å². The lowest BCUT2D eigenvalue weighted by atomic mass is 10.2. The first-order chi connectivity index (χ1) is 13.6. The SMILES string of the molecule is CCSc1cccc(C(=O)Nc2ccc(-c3nc4ccc(C)cc4s3)cc2)c1. The first kappa shape index (κ1) is 18.7. The molecule has 1 N–H and O–H groups in total. The number of nitrogens with zero attached hydrogens (tertiary/aromatic N) is 1. The van der Waals surface area contributed by atoms with Crippen molar-refractivity contribution in [1.29, 1.82) is 0 Å². The van der Waals surface area contributed by atoms with Crippen LogP contribution in [0.1, 0.15) is 22.8 Å². The average molecular weight is 405 g/mol. The van der Waals surface area contributed by atoms with Crippen LogP contribution in [0.2, 0.25) is 0 Å². The first-order valence-electron chi connectivity index (χ1n) is 9.14. The number of hydrogen-bond acceptors (Lipinski definition) is 4. The van der Waals surface area contributed by atoms with E-state index in [2.05, 4.69) is 37.4 Å². The lowest BCUT2D eigenvalue weighted by Gasteiger charge is -2.07. The van der Waals surface area contributed by atoms with Gasteiger partial charge in [0.15, 0.2) is 0 Å². The second kappa shape index (κ2) is 8.17. The Balaban J connectivity index is 1.51. The number of amides is 1. The van der Waals surface area contributed by atoms with Crippen LogP contribution < -0.4 is 5.32 Å². The molecule has 4 rings (SSSR count). The quantitative estimate of drug-likeness (QED) is 0.379. The van der Waals surface area contributed by atoms with Crippen molar-refractivity contribution in [2.24, 2.45) is 0 Å². The minimum absolute atomic E-state index is 0.0956. The molecule has 4 aromatic rings. The number of anilines is 1. The van der Waals surface area contributed by atoms with Crippen LogP contribution in [0, 0.1) is 6.92 Å². The van der Waals surface area contributed by atoms with Gasteiger partial charge in [0.25, 0.3) is 5.91 Å². The molecule has 0 aliphatic heterocycles. The Morgan fingerprint density at radius 3 is 2.68 bits per heavy atom. The summed E-state index contributed by atoms with van der Waals surface area (Å²) in [6, 6.07) is 21.9. The lowest BCUT2D eigenvalue weighted by molar-refractivity contribution is 0.102. The fourth-order valence-corrected chi connectivity index (χ4v) is 4.74. The molecule has 28 heavy (non-hydrogen) atoms. The standard InChI is InChI=1S/C23H20N2OS2/c1-3-27-19-6-4-5-17(14-19)22(26)24-18-10-8-16(9-11-18)23-25-20-12-7-15(2)13-21(20)28-23/h4-14H,3H2,1-2H3,(H,24,26). The maximum atomic E-state index is 12.5. The molecular weight excluding hydrogens is 384 g/mol. The monoisotopic (exact) mass is 404 g/mol. The smallest absolute Gasteiger partial charge is 0.255 e. The zero-order chi connectivity index (χ0) is 19.5. The number of hydrogen-bond donors (Lipinski definition) is 1. The highest BCUT2D eigenvalue weighted by Crippen LogP contribution is 2.31. The van der Waals surface area contributed by atoms with Crippen LogP contribution in [0.25, 0.3) is 20.8 Å². The number of aryl methyl sites for hydroxylation is 1. The van der Waals surface area contributed by atoms with Crippen molar-refractivity contribution in [3.05, 3.63) is 77.9 Å². The van der Waals surface area contributed by atoms with E-state index in [1.165, 1.54) is 10.3 Å². The maximum Gasteiger partial charge on any atom is 0.255 e. The lowest BCUT2D eigenvalue weighted by Crippen LogP contribution is -2.11. The molecule has 5 heteroatoms. The van der Waals surface area contributed by atoms with Gasteiger partial charge in [-0.2, -0.15) is 0 Å². The molecule has 0 spiro atoms. The minimum atomic E-state index is -0.0956.